The van der Waals surface area contributed by atoms with Gasteiger partial charge in [-0.05, 0) is 25.8 Å². The molecule has 2 aliphatic rings. The van der Waals surface area contributed by atoms with Crippen LogP contribution in [0.15, 0.2) is 22.7 Å². The number of aromatic nitrogens is 2. The summed E-state index contributed by atoms with van der Waals surface area (Å²) in [7, 11) is 0. The minimum atomic E-state index is -0.814. The molecule has 0 aliphatic carbocycles. The molecule has 1 aromatic carbocycles. The molecular weight excluding hydrogens is 328 g/mol. The van der Waals surface area contributed by atoms with E-state index in [0.29, 0.717) is 47.4 Å². The zero-order valence-corrected chi connectivity index (χ0v) is 13.6. The molecule has 1 N–H and O–H groups in total. The molecule has 0 amide bonds. The molecule has 8 nitrogen and oxygen atoms in total. The number of rotatable bonds is 2. The van der Waals surface area contributed by atoms with Crippen LogP contribution in [0.4, 0.5) is 0 Å². The van der Waals surface area contributed by atoms with Crippen LogP contribution in [0.3, 0.4) is 0 Å². The van der Waals surface area contributed by atoms with Gasteiger partial charge in [0.25, 0.3) is 5.56 Å². The molecule has 0 saturated heterocycles. The summed E-state index contributed by atoms with van der Waals surface area (Å²) in [6, 6.07) is 3.25. The fraction of sp³-hybridized carbons (Fsp3) is 0.353. The number of ether oxygens (including phenoxy) is 3. The molecule has 0 fully saturated rings. The molecule has 0 unspecified atom stereocenters. The first kappa shape index (κ1) is 15.5. The van der Waals surface area contributed by atoms with Gasteiger partial charge < -0.3 is 19.3 Å². The van der Waals surface area contributed by atoms with Gasteiger partial charge in [-0.3, -0.25) is 9.36 Å². The average molecular weight is 344 g/mol. The van der Waals surface area contributed by atoms with E-state index in [1.165, 1.54) is 4.57 Å². The molecule has 2 aliphatic heterocycles. The number of allylic oxidation sites excluding steroid dienone is 1. The van der Waals surface area contributed by atoms with Crippen molar-refractivity contribution in [3.05, 3.63) is 34.1 Å². The molecule has 0 saturated carbocycles. The van der Waals surface area contributed by atoms with Gasteiger partial charge in [-0.15, -0.1) is 0 Å². The number of carbonyl (C=O) groups is 1. The van der Waals surface area contributed by atoms with Crippen molar-refractivity contribution in [2.45, 2.75) is 26.3 Å². The van der Waals surface area contributed by atoms with Gasteiger partial charge in [-0.1, -0.05) is 0 Å². The maximum atomic E-state index is 12.8. The molecule has 0 atom stereocenters. The van der Waals surface area contributed by atoms with E-state index in [2.05, 4.69) is 4.98 Å². The van der Waals surface area contributed by atoms with Crippen LogP contribution >= 0.6 is 0 Å². The lowest BCUT2D eigenvalue weighted by molar-refractivity contribution is -0.141. The van der Waals surface area contributed by atoms with Gasteiger partial charge in [0, 0.05) is 18.2 Å². The summed E-state index contributed by atoms with van der Waals surface area (Å²) < 4.78 is 17.0. The third kappa shape index (κ3) is 2.41. The molecule has 0 radical (unpaired) electrons. The van der Waals surface area contributed by atoms with Crippen LogP contribution in [0.25, 0.3) is 16.5 Å². The van der Waals surface area contributed by atoms with Crippen LogP contribution in [-0.4, -0.2) is 34.0 Å². The minimum Gasteiger partial charge on any atom is -0.502 e. The average Bonchev–Trinajstić information content (AvgIpc) is 3.07. The van der Waals surface area contributed by atoms with Crippen molar-refractivity contribution in [3.8, 4) is 11.5 Å². The van der Waals surface area contributed by atoms with Crippen LogP contribution in [0.1, 0.15) is 25.6 Å². The van der Waals surface area contributed by atoms with E-state index >= 15 is 0 Å². The zero-order chi connectivity index (χ0) is 17.6. The largest absolute Gasteiger partial charge is 0.502 e. The molecule has 8 heteroatoms. The van der Waals surface area contributed by atoms with Crippen LogP contribution in [0.5, 0.6) is 11.5 Å². The van der Waals surface area contributed by atoms with E-state index in [4.69, 9.17) is 14.2 Å². The highest BCUT2D eigenvalue weighted by Gasteiger charge is 2.26. The summed E-state index contributed by atoms with van der Waals surface area (Å²) in [5.74, 6) is -0.00496. The van der Waals surface area contributed by atoms with Crippen LogP contribution in [0, 0.1) is 0 Å². The van der Waals surface area contributed by atoms with Crippen molar-refractivity contribution < 1.29 is 24.1 Å². The Labute approximate surface area is 142 Å². The highest BCUT2D eigenvalue weighted by molar-refractivity contribution is 5.95. The van der Waals surface area contributed by atoms with Gasteiger partial charge in [0.15, 0.2) is 11.5 Å². The van der Waals surface area contributed by atoms with Gasteiger partial charge in [0.2, 0.25) is 12.6 Å². The second-order valence-corrected chi connectivity index (χ2v) is 5.77. The summed E-state index contributed by atoms with van der Waals surface area (Å²) in [6.07, 6.45) is 1.05. The first-order chi connectivity index (χ1) is 12.1. The Bertz CT molecular complexity index is 975. The number of aliphatic hydroxyl groups excluding tert-OH is 1. The van der Waals surface area contributed by atoms with Gasteiger partial charge in [-0.2, -0.15) is 0 Å². The minimum absolute atomic E-state index is 0.0987. The molecule has 1 aromatic heterocycles. The number of fused-ring (bicyclic) bond motifs is 3. The summed E-state index contributed by atoms with van der Waals surface area (Å²) in [6.45, 7) is 2.37. The van der Waals surface area contributed by atoms with Crippen LogP contribution in [0.2, 0.25) is 0 Å². The molecule has 4 rings (SSSR count). The van der Waals surface area contributed by atoms with E-state index in [0.717, 1.165) is 0 Å². The van der Waals surface area contributed by atoms with E-state index in [-0.39, 0.29) is 24.8 Å². The SMILES string of the molecule is CCOC(=O)/C(O)=C1\CCCn2c1nc1cc3c(cc1c2=O)OCO3. The smallest absolute Gasteiger partial charge is 0.373 e. The van der Waals surface area contributed by atoms with Crippen molar-refractivity contribution >= 4 is 22.4 Å². The third-order valence-corrected chi connectivity index (χ3v) is 4.28. The first-order valence-electron chi connectivity index (χ1n) is 8.04. The second-order valence-electron chi connectivity index (χ2n) is 5.77. The van der Waals surface area contributed by atoms with Crippen molar-refractivity contribution in [2.75, 3.05) is 13.4 Å². The van der Waals surface area contributed by atoms with Gasteiger partial charge in [0.1, 0.15) is 5.82 Å². The van der Waals surface area contributed by atoms with E-state index in [9.17, 15) is 14.7 Å². The topological polar surface area (TPSA) is 99.9 Å². The summed E-state index contributed by atoms with van der Waals surface area (Å²) in [4.78, 5) is 29.2. The van der Waals surface area contributed by atoms with Crippen LogP contribution in [-0.2, 0) is 16.1 Å². The monoisotopic (exact) mass is 344 g/mol. The van der Waals surface area contributed by atoms with Crippen molar-refractivity contribution in [1.82, 2.24) is 9.55 Å². The lowest BCUT2D eigenvalue weighted by Crippen LogP contribution is -2.29. The lowest BCUT2D eigenvalue weighted by Gasteiger charge is -2.21. The Morgan fingerprint density at radius 2 is 2.12 bits per heavy atom. The van der Waals surface area contributed by atoms with E-state index in [1.54, 1.807) is 19.1 Å². The molecule has 25 heavy (non-hydrogen) atoms. The Morgan fingerprint density at radius 1 is 1.36 bits per heavy atom. The molecular formula is C17H16N2O6. The fourth-order valence-electron chi connectivity index (χ4n) is 3.12. The maximum Gasteiger partial charge on any atom is 0.373 e. The molecule has 2 aromatic rings. The lowest BCUT2D eigenvalue weighted by atomic mass is 10.0. The summed E-state index contributed by atoms with van der Waals surface area (Å²) >= 11 is 0. The Hall–Kier alpha value is -3.03. The molecule has 130 valence electrons. The normalized spacial score (nSPS) is 17.3. The zero-order valence-electron chi connectivity index (χ0n) is 13.6. The number of carbonyl (C=O) groups excluding carboxylic acids is 1. The summed E-state index contributed by atoms with van der Waals surface area (Å²) in [5.41, 5.74) is 0.505. The van der Waals surface area contributed by atoms with Gasteiger partial charge in [0.05, 0.1) is 17.5 Å². The highest BCUT2D eigenvalue weighted by atomic mass is 16.7. The predicted molar refractivity (Wildman–Crippen MR) is 87.5 cm³/mol. The number of nitrogens with zero attached hydrogens (tertiary/aromatic N) is 2. The maximum absolute atomic E-state index is 12.8. The number of aliphatic hydroxyl groups is 1. The van der Waals surface area contributed by atoms with Gasteiger partial charge in [-0.25, -0.2) is 9.78 Å². The number of hydrogen-bond donors (Lipinski definition) is 1. The Morgan fingerprint density at radius 3 is 2.88 bits per heavy atom. The molecule has 3 heterocycles. The standard InChI is InChI=1S/C17H16N2O6/c1-2-23-17(22)14(20)9-4-3-5-19-15(9)18-11-7-13-12(24-8-25-13)6-10(11)16(19)21/h6-7,20H,2-5,8H2,1H3/b14-9-. The van der Waals surface area contributed by atoms with Crippen molar-refractivity contribution in [3.63, 3.8) is 0 Å². The van der Waals surface area contributed by atoms with Crippen molar-refractivity contribution in [2.24, 2.45) is 0 Å². The number of hydrogen-bond acceptors (Lipinski definition) is 7. The Balaban J connectivity index is 1.94. The number of esters is 1. The fourth-order valence-corrected chi connectivity index (χ4v) is 3.12. The Kier molecular flexibility index (Phi) is 3.60. The van der Waals surface area contributed by atoms with Crippen molar-refractivity contribution in [1.29, 1.82) is 0 Å². The third-order valence-electron chi connectivity index (χ3n) is 4.28. The van der Waals surface area contributed by atoms with E-state index in [1.807, 2.05) is 0 Å². The second kappa shape index (κ2) is 5.80. The van der Waals surface area contributed by atoms with E-state index < -0.39 is 11.7 Å². The molecule has 0 spiro atoms. The number of benzene rings is 1. The quantitative estimate of drug-likeness (QED) is 0.503. The molecule has 0 bridgehead atoms. The predicted octanol–water partition coefficient (Wildman–Crippen LogP) is 1.75. The van der Waals surface area contributed by atoms with Crippen LogP contribution < -0.4 is 15.0 Å². The first-order valence-corrected chi connectivity index (χ1v) is 8.04. The highest BCUT2D eigenvalue weighted by Crippen LogP contribution is 2.35. The summed E-state index contributed by atoms with van der Waals surface area (Å²) in [5, 5.41) is 10.7. The van der Waals surface area contributed by atoms with Gasteiger partial charge >= 0.3 is 5.97 Å².